The van der Waals surface area contributed by atoms with Gasteiger partial charge in [0.25, 0.3) is 0 Å². The van der Waals surface area contributed by atoms with Crippen molar-refractivity contribution in [1.29, 1.82) is 0 Å². The highest BCUT2D eigenvalue weighted by molar-refractivity contribution is 7.98. The monoisotopic (exact) mass is 315 g/mol. The highest BCUT2D eigenvalue weighted by Gasteiger charge is 2.18. The summed E-state index contributed by atoms with van der Waals surface area (Å²) in [6.07, 6.45) is 2.05. The number of nitrogens with two attached hydrogens (primary N) is 1. The van der Waals surface area contributed by atoms with E-state index in [1.54, 1.807) is 11.8 Å². The lowest BCUT2D eigenvalue weighted by molar-refractivity contribution is 1.10. The first kappa shape index (κ1) is 14.0. The van der Waals surface area contributed by atoms with Crippen LogP contribution in [0, 0.1) is 0 Å². The van der Waals surface area contributed by atoms with E-state index < -0.39 is 0 Å². The van der Waals surface area contributed by atoms with Crippen LogP contribution in [0.3, 0.4) is 0 Å². The van der Waals surface area contributed by atoms with Gasteiger partial charge in [-0.2, -0.15) is 5.10 Å². The van der Waals surface area contributed by atoms with Crippen LogP contribution in [0.25, 0.3) is 22.4 Å². The average Bonchev–Trinajstić information content (AvgIpc) is 2.89. The molecule has 0 aliphatic rings. The molecule has 106 valence electrons. The molecule has 0 spiro atoms. The third-order valence-electron chi connectivity index (χ3n) is 3.31. The molecule has 0 unspecified atom stereocenters. The van der Waals surface area contributed by atoms with Gasteiger partial charge in [0, 0.05) is 21.0 Å². The largest absolute Gasteiger partial charge is 0.382 e. The fourth-order valence-electron chi connectivity index (χ4n) is 2.34. The third-order valence-corrected chi connectivity index (χ3v) is 4.44. The number of H-pyrrole nitrogens is 1. The number of halogens is 1. The van der Waals surface area contributed by atoms with Gasteiger partial charge in [-0.15, -0.1) is 11.8 Å². The first-order valence-corrected chi connectivity index (χ1v) is 8.04. The molecule has 0 saturated heterocycles. The Morgan fingerprint density at radius 3 is 2.43 bits per heavy atom. The molecule has 0 radical (unpaired) electrons. The van der Waals surface area contributed by atoms with Crippen LogP contribution in [0.5, 0.6) is 0 Å². The number of benzene rings is 2. The molecule has 3 nitrogen and oxygen atoms in total. The number of thioether (sulfide) groups is 1. The minimum absolute atomic E-state index is 0.453. The van der Waals surface area contributed by atoms with Crippen molar-refractivity contribution in [2.45, 2.75) is 4.90 Å². The second-order valence-electron chi connectivity index (χ2n) is 4.54. The van der Waals surface area contributed by atoms with E-state index in [0.29, 0.717) is 10.8 Å². The minimum Gasteiger partial charge on any atom is -0.382 e. The van der Waals surface area contributed by atoms with Gasteiger partial charge in [0.15, 0.2) is 5.82 Å². The second kappa shape index (κ2) is 5.84. The van der Waals surface area contributed by atoms with Crippen molar-refractivity contribution in [3.8, 4) is 22.4 Å². The zero-order valence-corrected chi connectivity index (χ0v) is 13.0. The first-order chi connectivity index (χ1) is 10.2. The molecular weight excluding hydrogens is 302 g/mol. The number of nitrogens with zero attached hydrogens (tertiary/aromatic N) is 1. The molecule has 0 aliphatic heterocycles. The van der Waals surface area contributed by atoms with E-state index in [9.17, 15) is 0 Å². The van der Waals surface area contributed by atoms with E-state index in [-0.39, 0.29) is 0 Å². The van der Waals surface area contributed by atoms with Crippen molar-refractivity contribution in [2.75, 3.05) is 12.0 Å². The number of hydrogen-bond acceptors (Lipinski definition) is 3. The smallest absolute Gasteiger partial charge is 0.153 e. The van der Waals surface area contributed by atoms with Crippen molar-refractivity contribution in [2.24, 2.45) is 0 Å². The van der Waals surface area contributed by atoms with Gasteiger partial charge in [0.2, 0.25) is 0 Å². The van der Waals surface area contributed by atoms with Gasteiger partial charge in [0.05, 0.1) is 11.3 Å². The fourth-order valence-corrected chi connectivity index (χ4v) is 3.17. The summed E-state index contributed by atoms with van der Waals surface area (Å²) in [6.45, 7) is 0. The molecule has 2 aromatic carbocycles. The molecule has 0 aliphatic carbocycles. The van der Waals surface area contributed by atoms with Crippen LogP contribution in [-0.2, 0) is 0 Å². The molecule has 21 heavy (non-hydrogen) atoms. The summed E-state index contributed by atoms with van der Waals surface area (Å²) in [5, 5.41) is 7.88. The number of aromatic amines is 1. The standard InChI is InChI=1S/C16H14ClN3S/c1-21-13-9-5-3-7-11(13)15-14(16(18)20-19-15)10-6-2-4-8-12(10)17/h2-9H,1H3,(H3,18,19,20). The van der Waals surface area contributed by atoms with E-state index in [1.165, 1.54) is 0 Å². The molecule has 3 rings (SSSR count). The van der Waals surface area contributed by atoms with Crippen LogP contribution in [0.4, 0.5) is 5.82 Å². The number of anilines is 1. The van der Waals surface area contributed by atoms with Gasteiger partial charge in [-0.1, -0.05) is 48.0 Å². The lowest BCUT2D eigenvalue weighted by atomic mass is 10.0. The molecule has 1 heterocycles. The van der Waals surface area contributed by atoms with Crippen molar-refractivity contribution in [3.63, 3.8) is 0 Å². The van der Waals surface area contributed by atoms with Gasteiger partial charge >= 0.3 is 0 Å². The Labute approximate surface area is 132 Å². The summed E-state index contributed by atoms with van der Waals surface area (Å²) in [7, 11) is 0. The van der Waals surface area contributed by atoms with Crippen LogP contribution in [0.2, 0.25) is 5.02 Å². The highest BCUT2D eigenvalue weighted by Crippen LogP contribution is 2.40. The van der Waals surface area contributed by atoms with Crippen LogP contribution in [-0.4, -0.2) is 16.5 Å². The van der Waals surface area contributed by atoms with Crippen molar-refractivity contribution in [1.82, 2.24) is 10.2 Å². The zero-order chi connectivity index (χ0) is 14.8. The normalized spacial score (nSPS) is 10.8. The molecular formula is C16H14ClN3S. The Bertz CT molecular complexity index is 783. The Balaban J connectivity index is 2.25. The van der Waals surface area contributed by atoms with E-state index in [0.717, 1.165) is 27.3 Å². The van der Waals surface area contributed by atoms with E-state index in [1.807, 2.05) is 42.7 Å². The Morgan fingerprint density at radius 2 is 1.71 bits per heavy atom. The van der Waals surface area contributed by atoms with E-state index in [2.05, 4.69) is 22.3 Å². The van der Waals surface area contributed by atoms with Gasteiger partial charge in [-0.25, -0.2) is 0 Å². The lowest BCUT2D eigenvalue weighted by Crippen LogP contribution is -1.90. The molecule has 0 amide bonds. The Morgan fingerprint density at radius 1 is 1.05 bits per heavy atom. The fraction of sp³-hybridized carbons (Fsp3) is 0.0625. The van der Waals surface area contributed by atoms with Crippen molar-refractivity contribution in [3.05, 3.63) is 53.6 Å². The van der Waals surface area contributed by atoms with Gasteiger partial charge < -0.3 is 5.73 Å². The number of rotatable bonds is 3. The molecule has 0 saturated carbocycles. The highest BCUT2D eigenvalue weighted by atomic mass is 35.5. The second-order valence-corrected chi connectivity index (χ2v) is 5.79. The molecule has 0 fully saturated rings. The number of nitrogens with one attached hydrogen (secondary N) is 1. The summed E-state index contributed by atoms with van der Waals surface area (Å²) in [5.74, 6) is 0.453. The molecule has 1 aromatic heterocycles. The minimum atomic E-state index is 0.453. The van der Waals surface area contributed by atoms with Crippen LogP contribution >= 0.6 is 23.4 Å². The van der Waals surface area contributed by atoms with Gasteiger partial charge in [-0.05, 0) is 18.4 Å². The molecule has 0 atom stereocenters. The lowest BCUT2D eigenvalue weighted by Gasteiger charge is -2.09. The summed E-state index contributed by atoms with van der Waals surface area (Å²) < 4.78 is 0. The van der Waals surface area contributed by atoms with Crippen LogP contribution in [0.1, 0.15) is 0 Å². The average molecular weight is 316 g/mol. The van der Waals surface area contributed by atoms with Crippen molar-refractivity contribution < 1.29 is 0 Å². The number of aromatic nitrogens is 2. The van der Waals surface area contributed by atoms with E-state index in [4.69, 9.17) is 17.3 Å². The predicted molar refractivity (Wildman–Crippen MR) is 90.7 cm³/mol. The van der Waals surface area contributed by atoms with Gasteiger partial charge in [-0.3, -0.25) is 5.10 Å². The summed E-state index contributed by atoms with van der Waals surface area (Å²) in [4.78, 5) is 1.16. The van der Waals surface area contributed by atoms with Crippen LogP contribution < -0.4 is 5.73 Å². The molecule has 5 heteroatoms. The third kappa shape index (κ3) is 2.52. The summed E-state index contributed by atoms with van der Waals surface area (Å²) in [6, 6.07) is 15.8. The maximum absolute atomic E-state index is 6.32. The quantitative estimate of drug-likeness (QED) is 0.689. The number of hydrogen-bond donors (Lipinski definition) is 2. The summed E-state index contributed by atoms with van der Waals surface area (Å²) in [5.41, 5.74) is 9.77. The predicted octanol–water partition coefficient (Wildman–Crippen LogP) is 4.70. The number of nitrogen functional groups attached to an aromatic ring is 1. The summed E-state index contributed by atoms with van der Waals surface area (Å²) >= 11 is 8.00. The SMILES string of the molecule is CSc1ccccc1-c1[nH]nc(N)c1-c1ccccc1Cl. The Kier molecular flexibility index (Phi) is 3.90. The Hall–Kier alpha value is -1.91. The molecule has 3 N–H and O–H groups in total. The zero-order valence-electron chi connectivity index (χ0n) is 11.4. The molecule has 0 bridgehead atoms. The van der Waals surface area contributed by atoms with Gasteiger partial charge in [0.1, 0.15) is 0 Å². The van der Waals surface area contributed by atoms with E-state index >= 15 is 0 Å². The topological polar surface area (TPSA) is 54.7 Å². The first-order valence-electron chi connectivity index (χ1n) is 6.44. The van der Waals surface area contributed by atoms with Crippen molar-refractivity contribution >= 4 is 29.2 Å². The molecule has 3 aromatic rings. The maximum Gasteiger partial charge on any atom is 0.153 e. The maximum atomic E-state index is 6.32. The van der Waals surface area contributed by atoms with Crippen LogP contribution in [0.15, 0.2) is 53.4 Å².